The summed E-state index contributed by atoms with van der Waals surface area (Å²) >= 11 is 0. The summed E-state index contributed by atoms with van der Waals surface area (Å²) in [4.78, 5) is 54.5. The molecule has 0 unspecified atom stereocenters. The number of rotatable bonds is 12. The maximum atomic E-state index is 13.1. The van der Waals surface area contributed by atoms with Gasteiger partial charge in [0.2, 0.25) is 0 Å². The number of carbonyl (C=O) groups excluding carboxylic acids is 4. The number of anilines is 2. The fraction of sp³-hybridized carbons (Fsp3) is 0.323. The van der Waals surface area contributed by atoms with E-state index in [4.69, 9.17) is 18.9 Å². The molecule has 3 rings (SSSR count). The number of hydrogen-bond acceptors (Lipinski definition) is 9. The van der Waals surface area contributed by atoms with Crippen molar-refractivity contribution in [3.05, 3.63) is 77.1 Å². The number of benzene rings is 2. The molecule has 222 valence electrons. The van der Waals surface area contributed by atoms with Gasteiger partial charge in [-0.3, -0.25) is 9.59 Å². The van der Waals surface area contributed by atoms with E-state index in [9.17, 15) is 19.2 Å². The highest BCUT2D eigenvalue weighted by atomic mass is 16.5. The maximum absolute atomic E-state index is 13.1. The van der Waals surface area contributed by atoms with Gasteiger partial charge in [0.25, 0.3) is 11.8 Å². The minimum atomic E-state index is -0.590. The molecular weight excluding hydrogens is 542 g/mol. The van der Waals surface area contributed by atoms with Crippen molar-refractivity contribution in [1.29, 1.82) is 0 Å². The Morgan fingerprint density at radius 3 is 1.43 bits per heavy atom. The molecule has 0 radical (unpaired) electrons. The number of nitrogens with one attached hydrogen (secondary N) is 2. The number of carbonyl (C=O) groups is 4. The number of methoxy groups -OCH3 is 2. The summed E-state index contributed by atoms with van der Waals surface area (Å²) in [5.74, 6) is -1.29. The number of ether oxygens (including phenoxy) is 4. The molecule has 42 heavy (non-hydrogen) atoms. The first-order chi connectivity index (χ1) is 20.0. The molecule has 0 fully saturated rings. The maximum Gasteiger partial charge on any atom is 0.337 e. The van der Waals surface area contributed by atoms with Crippen LogP contribution in [0.25, 0.3) is 0 Å². The Morgan fingerprint density at radius 2 is 1.07 bits per heavy atom. The molecule has 0 atom stereocenters. The van der Waals surface area contributed by atoms with E-state index in [1.807, 2.05) is 27.7 Å². The van der Waals surface area contributed by atoms with Gasteiger partial charge in [0.15, 0.2) is 0 Å². The highest BCUT2D eigenvalue weighted by Gasteiger charge is 2.19. The summed E-state index contributed by atoms with van der Waals surface area (Å²) in [5.41, 5.74) is 1.13. The van der Waals surface area contributed by atoms with Crippen LogP contribution in [-0.4, -0.2) is 56.2 Å². The van der Waals surface area contributed by atoms with Crippen molar-refractivity contribution in [3.8, 4) is 11.5 Å². The first kappa shape index (κ1) is 31.6. The second kappa shape index (κ2) is 14.6. The normalized spacial score (nSPS) is 10.7. The first-order valence-corrected chi connectivity index (χ1v) is 13.3. The van der Waals surface area contributed by atoms with Crippen molar-refractivity contribution in [3.63, 3.8) is 0 Å². The van der Waals surface area contributed by atoms with Crippen molar-refractivity contribution >= 4 is 35.1 Å². The summed E-state index contributed by atoms with van der Waals surface area (Å²) in [6.45, 7) is 8.58. The third kappa shape index (κ3) is 8.53. The molecule has 3 aromatic rings. The van der Waals surface area contributed by atoms with E-state index in [1.165, 1.54) is 68.8 Å². The van der Waals surface area contributed by atoms with Crippen LogP contribution in [0.1, 0.15) is 69.4 Å². The van der Waals surface area contributed by atoms with E-state index in [2.05, 4.69) is 15.6 Å². The lowest BCUT2D eigenvalue weighted by molar-refractivity contribution is 0.0591. The van der Waals surface area contributed by atoms with Crippen LogP contribution in [0.3, 0.4) is 0 Å². The Kier molecular flexibility index (Phi) is 11.0. The molecule has 2 amide bonds. The van der Waals surface area contributed by atoms with Gasteiger partial charge in [-0.15, -0.1) is 0 Å². The number of aromatic nitrogens is 1. The van der Waals surface area contributed by atoms with Gasteiger partial charge in [-0.05, 0) is 60.4 Å². The average Bonchev–Trinajstić information content (AvgIpc) is 2.98. The lowest BCUT2D eigenvalue weighted by Crippen LogP contribution is -2.19. The van der Waals surface area contributed by atoms with Crippen LogP contribution in [0.15, 0.2) is 54.6 Å². The molecule has 0 aliphatic rings. The lowest BCUT2D eigenvalue weighted by Gasteiger charge is -2.16. The second-order valence-electron chi connectivity index (χ2n) is 10.1. The number of nitrogens with zero attached hydrogens (tertiary/aromatic N) is 1. The second-order valence-corrected chi connectivity index (χ2v) is 10.1. The Balaban J connectivity index is 1.82. The molecular formula is C31H35N3O8. The summed E-state index contributed by atoms with van der Waals surface area (Å²) in [6, 6.07) is 13.5. The van der Waals surface area contributed by atoms with Crippen LogP contribution in [0, 0.1) is 11.8 Å². The Bertz CT molecular complexity index is 1350. The van der Waals surface area contributed by atoms with Crippen molar-refractivity contribution in [2.24, 2.45) is 11.8 Å². The van der Waals surface area contributed by atoms with Crippen molar-refractivity contribution in [2.45, 2.75) is 27.7 Å². The third-order valence-electron chi connectivity index (χ3n) is 5.66. The average molecular weight is 578 g/mol. The Hall–Kier alpha value is -4.93. The Morgan fingerprint density at radius 1 is 0.667 bits per heavy atom. The molecule has 0 saturated heterocycles. The van der Waals surface area contributed by atoms with Gasteiger partial charge in [-0.1, -0.05) is 33.8 Å². The molecule has 2 aromatic carbocycles. The lowest BCUT2D eigenvalue weighted by atomic mass is 10.1. The van der Waals surface area contributed by atoms with Crippen LogP contribution in [0.5, 0.6) is 11.5 Å². The van der Waals surface area contributed by atoms with Gasteiger partial charge in [0, 0.05) is 0 Å². The third-order valence-corrected chi connectivity index (χ3v) is 5.66. The summed E-state index contributed by atoms with van der Waals surface area (Å²) in [5, 5.41) is 5.47. The van der Waals surface area contributed by atoms with Crippen LogP contribution < -0.4 is 20.1 Å². The minimum Gasteiger partial charge on any atom is -0.491 e. The topological polar surface area (TPSA) is 142 Å². The first-order valence-electron chi connectivity index (χ1n) is 13.3. The van der Waals surface area contributed by atoms with Gasteiger partial charge in [0.05, 0.1) is 49.9 Å². The molecule has 1 heterocycles. The molecule has 11 nitrogen and oxygen atoms in total. The van der Waals surface area contributed by atoms with Crippen LogP contribution in [0.2, 0.25) is 0 Å². The zero-order valence-electron chi connectivity index (χ0n) is 24.5. The molecule has 0 saturated carbocycles. The van der Waals surface area contributed by atoms with E-state index >= 15 is 0 Å². The number of esters is 2. The van der Waals surface area contributed by atoms with Crippen LogP contribution >= 0.6 is 0 Å². The number of hydrogen-bond donors (Lipinski definition) is 2. The molecule has 0 aliphatic heterocycles. The molecule has 2 N–H and O–H groups in total. The zero-order valence-corrected chi connectivity index (χ0v) is 24.5. The monoisotopic (exact) mass is 577 g/mol. The summed E-state index contributed by atoms with van der Waals surface area (Å²) in [7, 11) is 2.55. The van der Waals surface area contributed by atoms with Gasteiger partial charge in [-0.2, -0.15) is 0 Å². The largest absolute Gasteiger partial charge is 0.491 e. The highest BCUT2D eigenvalue weighted by Crippen LogP contribution is 2.29. The van der Waals surface area contributed by atoms with Crippen molar-refractivity contribution in [2.75, 3.05) is 38.1 Å². The predicted molar refractivity (Wildman–Crippen MR) is 156 cm³/mol. The van der Waals surface area contributed by atoms with E-state index in [-0.39, 0.29) is 45.8 Å². The molecule has 0 bridgehead atoms. The van der Waals surface area contributed by atoms with E-state index in [0.29, 0.717) is 24.6 Å². The van der Waals surface area contributed by atoms with Crippen molar-refractivity contribution in [1.82, 2.24) is 4.98 Å². The van der Waals surface area contributed by atoms with Gasteiger partial charge in [0.1, 0.15) is 22.9 Å². The van der Waals surface area contributed by atoms with Gasteiger partial charge < -0.3 is 29.6 Å². The quantitative estimate of drug-likeness (QED) is 0.277. The smallest absolute Gasteiger partial charge is 0.337 e. The highest BCUT2D eigenvalue weighted by molar-refractivity contribution is 6.07. The summed E-state index contributed by atoms with van der Waals surface area (Å²) < 4.78 is 21.2. The molecule has 1 aromatic heterocycles. The molecule has 0 spiro atoms. The standard InChI is InChI=1S/C31H35N3O8/c1-18(2)16-41-26-14-20(30(37)39-5)10-12-22(26)33-28(35)24-8-7-9-25(32-24)29(36)34-23-13-11-21(31(38)40-6)15-27(23)42-17-19(3)4/h7-15,18-19H,16-17H2,1-6H3,(H,33,35)(H,34,36). The Labute approximate surface area is 244 Å². The van der Waals surface area contributed by atoms with E-state index in [1.54, 1.807) is 0 Å². The fourth-order valence-corrected chi connectivity index (χ4v) is 3.55. The predicted octanol–water partition coefficient (Wildman–Crippen LogP) is 5.23. The number of amides is 2. The van der Waals surface area contributed by atoms with Crippen molar-refractivity contribution < 1.29 is 38.1 Å². The zero-order chi connectivity index (χ0) is 30.8. The molecule has 11 heteroatoms. The van der Waals surface area contributed by atoms with E-state index < -0.39 is 23.8 Å². The fourth-order valence-electron chi connectivity index (χ4n) is 3.55. The molecule has 0 aliphatic carbocycles. The van der Waals surface area contributed by atoms with E-state index in [0.717, 1.165) is 0 Å². The van der Waals surface area contributed by atoms with Gasteiger partial charge >= 0.3 is 11.9 Å². The SMILES string of the molecule is COC(=O)c1ccc(NC(=O)c2cccc(C(=O)Nc3ccc(C(=O)OC)cc3OCC(C)C)n2)c(OCC(C)C)c1. The summed E-state index contributed by atoms with van der Waals surface area (Å²) in [6.07, 6.45) is 0. The number of pyridine rings is 1. The minimum absolute atomic E-state index is 0.0215. The van der Waals surface area contributed by atoms with Crippen LogP contribution in [-0.2, 0) is 9.47 Å². The van der Waals surface area contributed by atoms with Gasteiger partial charge in [-0.25, -0.2) is 14.6 Å². The van der Waals surface area contributed by atoms with Crippen LogP contribution in [0.4, 0.5) is 11.4 Å².